The van der Waals surface area contributed by atoms with Gasteiger partial charge >= 0.3 is 0 Å². The van der Waals surface area contributed by atoms with Crippen molar-refractivity contribution in [2.45, 2.75) is 39.2 Å². The quantitative estimate of drug-likeness (QED) is 0.659. The van der Waals surface area contributed by atoms with Crippen molar-refractivity contribution in [2.24, 2.45) is 17.6 Å². The molecule has 3 nitrogen and oxygen atoms in total. The van der Waals surface area contributed by atoms with Gasteiger partial charge in [-0.05, 0) is 43.2 Å². The molecule has 110 valence electrons. The summed E-state index contributed by atoms with van der Waals surface area (Å²) < 4.78 is 33.3. The van der Waals surface area contributed by atoms with Gasteiger partial charge in [0.25, 0.3) is 0 Å². The molecular formula is C15H20F2N2O. The minimum atomic E-state index is -0.804. The molecule has 0 aromatic heterocycles. The number of nitrogen functional groups attached to an aromatic ring is 1. The topological polar surface area (TPSA) is 59.1 Å². The fourth-order valence-corrected chi connectivity index (χ4v) is 2.60. The Balaban J connectivity index is 2.16. The predicted molar refractivity (Wildman–Crippen MR) is 74.0 cm³/mol. The van der Waals surface area contributed by atoms with E-state index in [0.29, 0.717) is 11.8 Å². The highest BCUT2D eigenvalue weighted by molar-refractivity contribution is 5.95. The molecule has 0 bridgehead atoms. The van der Waals surface area contributed by atoms with Crippen molar-refractivity contribution in [3.05, 3.63) is 29.3 Å². The molecule has 1 aliphatic carbocycles. The molecular weight excluding hydrogens is 262 g/mol. The fourth-order valence-electron chi connectivity index (χ4n) is 2.60. The monoisotopic (exact) mass is 282 g/mol. The first-order valence-corrected chi connectivity index (χ1v) is 6.88. The van der Waals surface area contributed by atoms with Gasteiger partial charge < -0.3 is 10.5 Å². The fraction of sp³-hybridized carbons (Fsp3) is 0.533. The van der Waals surface area contributed by atoms with Crippen LogP contribution in [0, 0.1) is 28.9 Å². The molecule has 5 heteroatoms. The first kappa shape index (κ1) is 14.8. The van der Waals surface area contributed by atoms with Gasteiger partial charge in [-0.2, -0.15) is 0 Å². The van der Waals surface area contributed by atoms with E-state index in [1.54, 1.807) is 0 Å². The molecule has 0 spiro atoms. The standard InChI is InChI=1S/C15H20F2N2O/c1-8-3-4-11(5-9(8)2)20-14-12(16)6-10(15(18)19)7-13(14)17/h6-9,11H,3-5H2,1-2H3,(H3,18,19). The Hall–Kier alpha value is -1.65. The molecule has 1 aliphatic rings. The van der Waals surface area contributed by atoms with Crippen molar-refractivity contribution in [3.8, 4) is 5.75 Å². The van der Waals surface area contributed by atoms with Crippen LogP contribution in [0.15, 0.2) is 12.1 Å². The maximum Gasteiger partial charge on any atom is 0.191 e. The van der Waals surface area contributed by atoms with Gasteiger partial charge in [-0.15, -0.1) is 0 Å². The lowest BCUT2D eigenvalue weighted by Gasteiger charge is -2.32. The van der Waals surface area contributed by atoms with Crippen LogP contribution in [-0.4, -0.2) is 11.9 Å². The Morgan fingerprint density at radius 3 is 2.30 bits per heavy atom. The zero-order valence-corrected chi connectivity index (χ0v) is 11.7. The first-order chi connectivity index (χ1) is 9.38. The van der Waals surface area contributed by atoms with Crippen LogP contribution >= 0.6 is 0 Å². The number of nitrogens with two attached hydrogens (primary N) is 1. The van der Waals surface area contributed by atoms with Gasteiger partial charge in [0.15, 0.2) is 17.4 Å². The van der Waals surface area contributed by atoms with Crippen molar-refractivity contribution >= 4 is 5.84 Å². The molecule has 20 heavy (non-hydrogen) atoms. The van der Waals surface area contributed by atoms with Crippen LogP contribution in [0.4, 0.5) is 8.78 Å². The third kappa shape index (κ3) is 3.08. The molecule has 1 aromatic carbocycles. The Morgan fingerprint density at radius 2 is 1.80 bits per heavy atom. The molecule has 0 heterocycles. The van der Waals surface area contributed by atoms with Crippen LogP contribution in [0.5, 0.6) is 5.75 Å². The van der Waals surface area contributed by atoms with Gasteiger partial charge in [0, 0.05) is 5.56 Å². The first-order valence-electron chi connectivity index (χ1n) is 6.88. The highest BCUT2D eigenvalue weighted by Crippen LogP contribution is 2.33. The largest absolute Gasteiger partial charge is 0.484 e. The zero-order valence-electron chi connectivity index (χ0n) is 11.7. The second-order valence-electron chi connectivity index (χ2n) is 5.69. The van der Waals surface area contributed by atoms with Crippen LogP contribution in [0.1, 0.15) is 38.7 Å². The molecule has 0 amide bonds. The second-order valence-corrected chi connectivity index (χ2v) is 5.69. The van der Waals surface area contributed by atoms with Gasteiger partial charge in [-0.3, -0.25) is 5.41 Å². The van der Waals surface area contributed by atoms with Crippen LogP contribution in [-0.2, 0) is 0 Å². The van der Waals surface area contributed by atoms with E-state index >= 15 is 0 Å². The van der Waals surface area contributed by atoms with Gasteiger partial charge in [-0.1, -0.05) is 13.8 Å². The maximum absolute atomic E-state index is 13.9. The van der Waals surface area contributed by atoms with Crippen LogP contribution in [0.2, 0.25) is 0 Å². The molecule has 0 radical (unpaired) electrons. The van der Waals surface area contributed by atoms with Crippen LogP contribution < -0.4 is 10.5 Å². The van der Waals surface area contributed by atoms with Crippen LogP contribution in [0.3, 0.4) is 0 Å². The summed E-state index contributed by atoms with van der Waals surface area (Å²) in [5.41, 5.74) is 5.25. The Labute approximate surface area is 117 Å². The molecule has 1 saturated carbocycles. The highest BCUT2D eigenvalue weighted by atomic mass is 19.1. The third-order valence-corrected chi connectivity index (χ3v) is 4.14. The number of ether oxygens (including phenoxy) is 1. The summed E-state index contributed by atoms with van der Waals surface area (Å²) in [4.78, 5) is 0. The lowest BCUT2D eigenvalue weighted by atomic mass is 9.80. The number of benzene rings is 1. The number of rotatable bonds is 3. The Morgan fingerprint density at radius 1 is 1.20 bits per heavy atom. The van der Waals surface area contributed by atoms with Crippen molar-refractivity contribution in [2.75, 3.05) is 0 Å². The number of hydrogen-bond donors (Lipinski definition) is 2. The summed E-state index contributed by atoms with van der Waals surface area (Å²) in [6.07, 6.45) is 2.45. The van der Waals surface area contributed by atoms with Gasteiger partial charge in [0.1, 0.15) is 5.84 Å². The Kier molecular flexibility index (Phi) is 4.26. The van der Waals surface area contributed by atoms with E-state index in [2.05, 4.69) is 13.8 Å². The van der Waals surface area contributed by atoms with Crippen molar-refractivity contribution in [3.63, 3.8) is 0 Å². The number of nitrogens with one attached hydrogen (secondary N) is 1. The van der Waals surface area contributed by atoms with Crippen molar-refractivity contribution in [1.82, 2.24) is 0 Å². The Bertz CT molecular complexity index is 496. The van der Waals surface area contributed by atoms with E-state index in [1.807, 2.05) is 0 Å². The van der Waals surface area contributed by atoms with Crippen molar-refractivity contribution in [1.29, 1.82) is 5.41 Å². The van der Waals surface area contributed by atoms with Gasteiger partial charge in [0.05, 0.1) is 6.10 Å². The van der Waals surface area contributed by atoms with E-state index in [4.69, 9.17) is 15.9 Å². The molecule has 3 N–H and O–H groups in total. The van der Waals surface area contributed by atoms with Gasteiger partial charge in [-0.25, -0.2) is 8.78 Å². The normalized spacial score (nSPS) is 26.3. The summed E-state index contributed by atoms with van der Waals surface area (Å²) in [5, 5.41) is 7.20. The second kappa shape index (κ2) is 5.77. The van der Waals surface area contributed by atoms with Gasteiger partial charge in [0.2, 0.25) is 0 Å². The van der Waals surface area contributed by atoms with E-state index in [1.165, 1.54) is 0 Å². The molecule has 0 saturated heterocycles. The van der Waals surface area contributed by atoms with Crippen molar-refractivity contribution < 1.29 is 13.5 Å². The third-order valence-electron chi connectivity index (χ3n) is 4.14. The highest BCUT2D eigenvalue weighted by Gasteiger charge is 2.27. The summed E-state index contributed by atoms with van der Waals surface area (Å²) in [5.74, 6) is -1.24. The predicted octanol–water partition coefficient (Wildman–Crippen LogP) is 3.45. The molecule has 0 aliphatic heterocycles. The zero-order chi connectivity index (χ0) is 14.9. The van der Waals surface area contributed by atoms with Crippen LogP contribution in [0.25, 0.3) is 0 Å². The lowest BCUT2D eigenvalue weighted by molar-refractivity contribution is 0.0927. The average Bonchev–Trinajstić information content (AvgIpc) is 2.37. The SMILES string of the molecule is CC1CCC(Oc2c(F)cc(C(=N)N)cc2F)CC1C. The van der Waals surface area contributed by atoms with E-state index in [9.17, 15) is 8.78 Å². The minimum absolute atomic E-state index is 0.0259. The van der Waals surface area contributed by atoms with E-state index in [0.717, 1.165) is 31.4 Å². The maximum atomic E-state index is 13.9. The summed E-state index contributed by atoms with van der Waals surface area (Å²) >= 11 is 0. The lowest BCUT2D eigenvalue weighted by Crippen LogP contribution is -2.29. The number of amidine groups is 1. The van der Waals surface area contributed by atoms with E-state index in [-0.39, 0.29) is 23.3 Å². The number of hydrogen-bond acceptors (Lipinski definition) is 2. The minimum Gasteiger partial charge on any atom is -0.484 e. The molecule has 1 aromatic rings. The summed E-state index contributed by atoms with van der Waals surface area (Å²) in [6, 6.07) is 2.07. The molecule has 2 rings (SSSR count). The molecule has 3 atom stereocenters. The summed E-state index contributed by atoms with van der Waals surface area (Å²) in [7, 11) is 0. The molecule has 1 fully saturated rings. The number of halogens is 2. The van der Waals surface area contributed by atoms with E-state index < -0.39 is 11.6 Å². The smallest absolute Gasteiger partial charge is 0.191 e. The molecule has 3 unspecified atom stereocenters. The average molecular weight is 282 g/mol. The summed E-state index contributed by atoms with van der Waals surface area (Å²) in [6.45, 7) is 4.31.